The van der Waals surface area contributed by atoms with E-state index in [1.807, 2.05) is 12.1 Å². The molecule has 23 heavy (non-hydrogen) atoms. The smallest absolute Gasteiger partial charge is 0.273 e. The summed E-state index contributed by atoms with van der Waals surface area (Å²) in [6.07, 6.45) is 6.92. The van der Waals surface area contributed by atoms with Gasteiger partial charge in [0.1, 0.15) is 0 Å². The predicted molar refractivity (Wildman–Crippen MR) is 92.0 cm³/mol. The third-order valence-electron chi connectivity index (χ3n) is 6.25. The van der Waals surface area contributed by atoms with E-state index in [0.717, 1.165) is 29.4 Å². The maximum absolute atomic E-state index is 12.3. The maximum atomic E-state index is 12.3. The number of nitrogens with two attached hydrogens (primary N) is 1. The highest BCUT2D eigenvalue weighted by atomic mass is 16.2. The molecular weight excluding hydrogens is 286 g/mol. The normalized spacial score (nSPS) is 35.3. The van der Waals surface area contributed by atoms with Crippen molar-refractivity contribution < 1.29 is 4.79 Å². The molecule has 1 aromatic carbocycles. The van der Waals surface area contributed by atoms with Crippen molar-refractivity contribution in [2.24, 2.45) is 34.7 Å². The van der Waals surface area contributed by atoms with E-state index in [0.29, 0.717) is 17.2 Å². The Kier molecular flexibility index (Phi) is 3.63. The quantitative estimate of drug-likeness (QED) is 0.510. The van der Waals surface area contributed by atoms with Gasteiger partial charge in [0.25, 0.3) is 5.91 Å². The highest BCUT2D eigenvalue weighted by Crippen LogP contribution is 2.56. The number of para-hydroxylation sites is 1. The van der Waals surface area contributed by atoms with Crippen molar-refractivity contribution >= 4 is 17.3 Å². The van der Waals surface area contributed by atoms with Crippen molar-refractivity contribution in [1.82, 2.24) is 5.43 Å². The third-order valence-corrected chi connectivity index (χ3v) is 6.25. The first-order valence-electron chi connectivity index (χ1n) is 8.81. The molecule has 0 saturated heterocycles. The Morgan fingerprint density at radius 2 is 1.70 bits per heavy atom. The summed E-state index contributed by atoms with van der Waals surface area (Å²) in [6.45, 7) is 2.08. The average molecular weight is 311 g/mol. The Labute approximate surface area is 137 Å². The summed E-state index contributed by atoms with van der Waals surface area (Å²) in [5, 5.41) is 4.45. The van der Waals surface area contributed by atoms with Gasteiger partial charge in [0.15, 0.2) is 0 Å². The number of nitrogens with zero attached hydrogens (tertiary/aromatic N) is 1. The van der Waals surface area contributed by atoms with Gasteiger partial charge in [0.05, 0.1) is 5.56 Å². The summed E-state index contributed by atoms with van der Waals surface area (Å²) in [7, 11) is 0. The van der Waals surface area contributed by atoms with Gasteiger partial charge in [-0.05, 0) is 74.8 Å². The monoisotopic (exact) mass is 311 g/mol. The summed E-state index contributed by atoms with van der Waals surface area (Å²) >= 11 is 0. The molecule has 3 N–H and O–H groups in total. The molecule has 0 heterocycles. The van der Waals surface area contributed by atoms with Crippen molar-refractivity contribution in [1.29, 1.82) is 0 Å². The van der Waals surface area contributed by atoms with E-state index < -0.39 is 0 Å². The number of benzene rings is 1. The second-order valence-corrected chi connectivity index (χ2v) is 7.74. The van der Waals surface area contributed by atoms with Gasteiger partial charge in [0.2, 0.25) is 0 Å². The number of anilines is 1. The van der Waals surface area contributed by atoms with Gasteiger partial charge >= 0.3 is 0 Å². The van der Waals surface area contributed by atoms with Crippen LogP contribution in [0.1, 0.15) is 49.4 Å². The lowest BCUT2D eigenvalue weighted by Crippen LogP contribution is -2.47. The minimum Gasteiger partial charge on any atom is -0.398 e. The van der Waals surface area contributed by atoms with Gasteiger partial charge in [-0.1, -0.05) is 12.1 Å². The van der Waals surface area contributed by atoms with Crippen LogP contribution in [0.4, 0.5) is 5.69 Å². The van der Waals surface area contributed by atoms with Crippen LogP contribution in [0.3, 0.4) is 0 Å². The van der Waals surface area contributed by atoms with Crippen molar-refractivity contribution in [2.45, 2.75) is 39.0 Å². The molecule has 1 aromatic rings. The van der Waals surface area contributed by atoms with E-state index in [9.17, 15) is 4.79 Å². The number of hydrogen-bond donors (Lipinski definition) is 2. The molecule has 0 spiro atoms. The zero-order chi connectivity index (χ0) is 16.0. The van der Waals surface area contributed by atoms with Crippen molar-refractivity contribution in [3.05, 3.63) is 29.8 Å². The molecule has 0 atom stereocenters. The molecule has 122 valence electrons. The summed E-state index contributed by atoms with van der Waals surface area (Å²) < 4.78 is 0. The summed E-state index contributed by atoms with van der Waals surface area (Å²) in [5.74, 6) is 3.84. The van der Waals surface area contributed by atoms with Gasteiger partial charge in [-0.3, -0.25) is 4.79 Å². The zero-order valence-electron chi connectivity index (χ0n) is 13.7. The number of carbonyl (C=O) groups is 1. The first-order valence-corrected chi connectivity index (χ1v) is 8.81. The molecule has 0 aromatic heterocycles. The van der Waals surface area contributed by atoms with E-state index in [-0.39, 0.29) is 5.91 Å². The number of amides is 1. The van der Waals surface area contributed by atoms with E-state index in [2.05, 4.69) is 17.5 Å². The number of hydrazone groups is 1. The predicted octanol–water partition coefficient (Wildman–Crippen LogP) is 3.45. The number of nitrogen functional groups attached to an aromatic ring is 1. The molecule has 0 unspecified atom stereocenters. The van der Waals surface area contributed by atoms with E-state index in [4.69, 9.17) is 5.73 Å². The number of hydrogen-bond acceptors (Lipinski definition) is 3. The van der Waals surface area contributed by atoms with Gasteiger partial charge < -0.3 is 5.73 Å². The van der Waals surface area contributed by atoms with Crippen molar-refractivity contribution in [3.63, 3.8) is 0 Å². The Morgan fingerprint density at radius 3 is 2.30 bits per heavy atom. The molecule has 4 saturated carbocycles. The SMILES string of the molecule is C/C(=N\NC(=O)c1ccccc1N)C1C2CC3CC(C2)CC1C3. The zero-order valence-corrected chi connectivity index (χ0v) is 13.7. The van der Waals surface area contributed by atoms with Gasteiger partial charge in [-0.2, -0.15) is 5.10 Å². The molecule has 4 bridgehead atoms. The van der Waals surface area contributed by atoms with E-state index in [1.165, 1.54) is 32.1 Å². The third kappa shape index (κ3) is 2.64. The van der Waals surface area contributed by atoms with Crippen LogP contribution in [-0.2, 0) is 0 Å². The Hall–Kier alpha value is -1.84. The Bertz CT molecular complexity index is 624. The standard InChI is InChI=1S/C19H25N3O/c1-11(21-22-19(23)16-4-2-3-5-17(16)20)18-14-7-12-6-13(9-14)10-15(18)8-12/h2-5,12-15,18H,6-10,20H2,1H3,(H,22,23)/b21-11+. The van der Waals surface area contributed by atoms with Crippen LogP contribution in [0.15, 0.2) is 29.4 Å². The fourth-order valence-electron chi connectivity index (χ4n) is 5.58. The van der Waals surface area contributed by atoms with Crippen LogP contribution >= 0.6 is 0 Å². The van der Waals surface area contributed by atoms with Crippen molar-refractivity contribution in [3.8, 4) is 0 Å². The second kappa shape index (κ2) is 5.66. The molecular formula is C19H25N3O. The number of nitrogens with one attached hydrogen (secondary N) is 1. The van der Waals surface area contributed by atoms with Gasteiger partial charge in [-0.25, -0.2) is 5.43 Å². The maximum Gasteiger partial charge on any atom is 0.273 e. The Morgan fingerprint density at radius 1 is 1.09 bits per heavy atom. The summed E-state index contributed by atoms with van der Waals surface area (Å²) in [4.78, 5) is 12.3. The first kappa shape index (κ1) is 14.7. The largest absolute Gasteiger partial charge is 0.398 e. The minimum atomic E-state index is -0.216. The number of rotatable bonds is 3. The van der Waals surface area contributed by atoms with Crippen molar-refractivity contribution in [2.75, 3.05) is 5.73 Å². The van der Waals surface area contributed by atoms with E-state index in [1.54, 1.807) is 12.1 Å². The summed E-state index contributed by atoms with van der Waals surface area (Å²) in [6, 6.07) is 7.12. The lowest BCUT2D eigenvalue weighted by Gasteiger charge is -2.54. The van der Waals surface area contributed by atoms with Crippen LogP contribution in [0.2, 0.25) is 0 Å². The van der Waals surface area contributed by atoms with Crippen LogP contribution < -0.4 is 11.2 Å². The fourth-order valence-corrected chi connectivity index (χ4v) is 5.58. The minimum absolute atomic E-state index is 0.216. The lowest BCUT2D eigenvalue weighted by atomic mass is 9.51. The molecule has 5 rings (SSSR count). The molecule has 1 amide bonds. The highest BCUT2D eigenvalue weighted by molar-refractivity contribution is 5.99. The van der Waals surface area contributed by atoms with Crippen LogP contribution in [0, 0.1) is 29.6 Å². The van der Waals surface area contributed by atoms with Crippen LogP contribution in [0.5, 0.6) is 0 Å². The molecule has 4 fully saturated rings. The molecule has 4 aliphatic rings. The first-order chi connectivity index (χ1) is 11.1. The Balaban J connectivity index is 1.47. The fraction of sp³-hybridized carbons (Fsp3) is 0.579. The van der Waals surface area contributed by atoms with Crippen LogP contribution in [0.25, 0.3) is 0 Å². The molecule has 4 heteroatoms. The van der Waals surface area contributed by atoms with Crippen LogP contribution in [-0.4, -0.2) is 11.6 Å². The molecule has 4 aliphatic carbocycles. The molecule has 0 aliphatic heterocycles. The average Bonchev–Trinajstić information content (AvgIpc) is 2.52. The molecule has 4 nitrogen and oxygen atoms in total. The van der Waals surface area contributed by atoms with E-state index >= 15 is 0 Å². The summed E-state index contributed by atoms with van der Waals surface area (Å²) in [5.41, 5.74) is 10.7. The highest BCUT2D eigenvalue weighted by Gasteiger charge is 2.49. The topological polar surface area (TPSA) is 67.5 Å². The second-order valence-electron chi connectivity index (χ2n) is 7.74. The molecule has 0 radical (unpaired) electrons. The number of carbonyl (C=O) groups excluding carboxylic acids is 1. The lowest BCUT2D eigenvalue weighted by molar-refractivity contribution is -0.00859. The van der Waals surface area contributed by atoms with Gasteiger partial charge in [0, 0.05) is 17.3 Å². The van der Waals surface area contributed by atoms with Gasteiger partial charge in [-0.15, -0.1) is 0 Å².